The minimum atomic E-state index is -0.380. The van der Waals surface area contributed by atoms with Gasteiger partial charge in [-0.25, -0.2) is 9.18 Å². The summed E-state index contributed by atoms with van der Waals surface area (Å²) in [7, 11) is 0. The maximum absolute atomic E-state index is 13.3. The Morgan fingerprint density at radius 3 is 2.68 bits per heavy atom. The third kappa shape index (κ3) is 4.47. The molecule has 2 atom stereocenters. The van der Waals surface area contributed by atoms with Crippen LogP contribution in [0.2, 0.25) is 0 Å². The third-order valence-electron chi connectivity index (χ3n) is 3.02. The molecule has 1 rings (SSSR count). The smallest absolute Gasteiger partial charge is 0.319 e. The Morgan fingerprint density at radius 2 is 2.11 bits per heavy atom. The Bertz CT molecular complexity index is 468. The van der Waals surface area contributed by atoms with Gasteiger partial charge in [-0.2, -0.15) is 0 Å². The molecule has 2 amide bonds. The molecular weight excluding hydrogens is 315 g/mol. The van der Waals surface area contributed by atoms with Crippen LogP contribution in [0.5, 0.6) is 0 Å². The van der Waals surface area contributed by atoms with Crippen molar-refractivity contribution in [3.63, 3.8) is 0 Å². The Kier molecular flexibility index (Phi) is 5.75. The number of urea groups is 1. The predicted octanol–water partition coefficient (Wildman–Crippen LogP) is 3.04. The minimum absolute atomic E-state index is 0.00255. The molecule has 3 N–H and O–H groups in total. The van der Waals surface area contributed by atoms with Crippen molar-refractivity contribution in [2.24, 2.45) is 5.92 Å². The standard InChI is InChI=1S/C13H18BrFN2O2/c1-7-4-11(15)10(14)5-12(7)17-13(19)16-9(3)8(2)6-18/h4-5,8-9,18H,6H2,1-3H3,(H2,16,17,19)/t8-,9-/m1/s1. The van der Waals surface area contributed by atoms with E-state index in [-0.39, 0.29) is 30.4 Å². The van der Waals surface area contributed by atoms with Crippen LogP contribution in [0.3, 0.4) is 0 Å². The van der Waals surface area contributed by atoms with E-state index in [4.69, 9.17) is 5.11 Å². The van der Waals surface area contributed by atoms with E-state index >= 15 is 0 Å². The summed E-state index contributed by atoms with van der Waals surface area (Å²) >= 11 is 3.08. The molecule has 0 aliphatic carbocycles. The highest BCUT2D eigenvalue weighted by Gasteiger charge is 2.15. The van der Waals surface area contributed by atoms with Gasteiger partial charge >= 0.3 is 6.03 Å². The quantitative estimate of drug-likeness (QED) is 0.793. The molecule has 1 aromatic rings. The number of rotatable bonds is 4. The van der Waals surface area contributed by atoms with Crippen molar-refractivity contribution in [3.05, 3.63) is 28.0 Å². The van der Waals surface area contributed by atoms with Crippen LogP contribution in [0, 0.1) is 18.7 Å². The molecule has 0 bridgehead atoms. The number of carbonyl (C=O) groups excluding carboxylic acids is 1. The van der Waals surface area contributed by atoms with Crippen molar-refractivity contribution in [3.8, 4) is 0 Å². The molecule has 0 spiro atoms. The number of hydrogen-bond acceptors (Lipinski definition) is 2. The zero-order valence-electron chi connectivity index (χ0n) is 11.1. The first-order valence-corrected chi connectivity index (χ1v) is 6.78. The number of halogens is 2. The number of aliphatic hydroxyl groups excluding tert-OH is 1. The molecule has 6 heteroatoms. The van der Waals surface area contributed by atoms with Crippen molar-refractivity contribution in [1.29, 1.82) is 0 Å². The summed E-state index contributed by atoms with van der Waals surface area (Å²) in [6.45, 7) is 5.37. The van der Waals surface area contributed by atoms with Gasteiger partial charge in [0.1, 0.15) is 5.82 Å². The molecule has 0 aromatic heterocycles. The van der Waals surface area contributed by atoms with Crippen LogP contribution in [-0.4, -0.2) is 23.8 Å². The number of aryl methyl sites for hydroxylation is 1. The topological polar surface area (TPSA) is 61.4 Å². The number of hydrogen-bond donors (Lipinski definition) is 3. The van der Waals surface area contributed by atoms with Crippen LogP contribution in [-0.2, 0) is 0 Å². The van der Waals surface area contributed by atoms with Gasteiger partial charge in [-0.1, -0.05) is 6.92 Å². The summed E-state index contributed by atoms with van der Waals surface area (Å²) in [6, 6.07) is 2.33. The Hall–Kier alpha value is -1.14. The monoisotopic (exact) mass is 332 g/mol. The molecule has 106 valence electrons. The van der Waals surface area contributed by atoms with Gasteiger partial charge < -0.3 is 15.7 Å². The molecule has 1 aromatic carbocycles. The average Bonchev–Trinajstić information content (AvgIpc) is 2.34. The molecule has 0 saturated carbocycles. The lowest BCUT2D eigenvalue weighted by Gasteiger charge is -2.20. The summed E-state index contributed by atoms with van der Waals surface area (Å²) in [5, 5.41) is 14.4. The first-order chi connectivity index (χ1) is 8.85. The Morgan fingerprint density at radius 1 is 1.47 bits per heavy atom. The summed E-state index contributed by atoms with van der Waals surface area (Å²) in [5.41, 5.74) is 1.17. The van der Waals surface area contributed by atoms with Crippen molar-refractivity contribution < 1.29 is 14.3 Å². The van der Waals surface area contributed by atoms with Gasteiger partial charge in [0.05, 0.1) is 4.47 Å². The van der Waals surface area contributed by atoms with E-state index in [2.05, 4.69) is 26.6 Å². The highest BCUT2D eigenvalue weighted by Crippen LogP contribution is 2.24. The second-order valence-electron chi connectivity index (χ2n) is 4.63. The van der Waals surface area contributed by atoms with Gasteiger partial charge in [0.15, 0.2) is 0 Å². The molecule has 19 heavy (non-hydrogen) atoms. The van der Waals surface area contributed by atoms with Crippen molar-refractivity contribution in [2.75, 3.05) is 11.9 Å². The molecule has 0 heterocycles. The van der Waals surface area contributed by atoms with E-state index in [0.29, 0.717) is 15.7 Å². The minimum Gasteiger partial charge on any atom is -0.396 e. The van der Waals surface area contributed by atoms with Gasteiger partial charge in [0.2, 0.25) is 0 Å². The molecule has 4 nitrogen and oxygen atoms in total. The Balaban J connectivity index is 2.70. The molecule has 0 saturated heterocycles. The number of anilines is 1. The first-order valence-electron chi connectivity index (χ1n) is 5.99. The van der Waals surface area contributed by atoms with Gasteiger partial charge in [0.25, 0.3) is 0 Å². The fourth-order valence-electron chi connectivity index (χ4n) is 1.45. The molecular formula is C13H18BrFN2O2. The van der Waals surface area contributed by atoms with Gasteiger partial charge in [-0.3, -0.25) is 0 Å². The second kappa shape index (κ2) is 6.86. The van der Waals surface area contributed by atoms with E-state index in [1.165, 1.54) is 12.1 Å². The molecule has 0 radical (unpaired) electrons. The number of benzene rings is 1. The van der Waals surface area contributed by atoms with Gasteiger partial charge in [0, 0.05) is 18.3 Å². The summed E-state index contributed by atoms with van der Waals surface area (Å²) in [6.07, 6.45) is 0. The van der Waals surface area contributed by atoms with Crippen LogP contribution < -0.4 is 10.6 Å². The largest absolute Gasteiger partial charge is 0.396 e. The zero-order chi connectivity index (χ0) is 14.6. The SMILES string of the molecule is Cc1cc(F)c(Br)cc1NC(=O)N[C@H](C)[C@H](C)CO. The second-order valence-corrected chi connectivity index (χ2v) is 5.48. The number of aliphatic hydroxyl groups is 1. The third-order valence-corrected chi connectivity index (χ3v) is 3.62. The molecule has 0 aliphatic heterocycles. The van der Waals surface area contributed by atoms with E-state index in [9.17, 15) is 9.18 Å². The number of amides is 2. The van der Waals surface area contributed by atoms with Crippen LogP contribution in [0.1, 0.15) is 19.4 Å². The van der Waals surface area contributed by atoms with E-state index in [1.54, 1.807) is 6.92 Å². The van der Waals surface area contributed by atoms with Gasteiger partial charge in [-0.15, -0.1) is 0 Å². The van der Waals surface area contributed by atoms with Crippen molar-refractivity contribution >= 4 is 27.6 Å². The molecule has 0 fully saturated rings. The van der Waals surface area contributed by atoms with Crippen LogP contribution in [0.4, 0.5) is 14.9 Å². The van der Waals surface area contributed by atoms with E-state index in [0.717, 1.165) is 0 Å². The predicted molar refractivity (Wildman–Crippen MR) is 76.7 cm³/mol. The fourth-order valence-corrected chi connectivity index (χ4v) is 1.79. The zero-order valence-corrected chi connectivity index (χ0v) is 12.7. The lowest BCUT2D eigenvalue weighted by atomic mass is 10.1. The lowest BCUT2D eigenvalue weighted by Crippen LogP contribution is -2.40. The summed E-state index contributed by atoms with van der Waals surface area (Å²) in [4.78, 5) is 11.8. The highest BCUT2D eigenvalue weighted by molar-refractivity contribution is 9.10. The fraction of sp³-hybridized carbons (Fsp3) is 0.462. The highest BCUT2D eigenvalue weighted by atomic mass is 79.9. The normalized spacial score (nSPS) is 13.8. The van der Waals surface area contributed by atoms with Crippen molar-refractivity contribution in [2.45, 2.75) is 26.8 Å². The van der Waals surface area contributed by atoms with Crippen LogP contribution in [0.25, 0.3) is 0 Å². The first kappa shape index (κ1) is 15.9. The summed E-state index contributed by atoms with van der Waals surface area (Å²) < 4.78 is 13.6. The van der Waals surface area contributed by atoms with E-state index < -0.39 is 0 Å². The van der Waals surface area contributed by atoms with Crippen LogP contribution >= 0.6 is 15.9 Å². The Labute approximate surface area is 120 Å². The van der Waals surface area contributed by atoms with Crippen molar-refractivity contribution in [1.82, 2.24) is 5.32 Å². The molecule has 0 aliphatic rings. The van der Waals surface area contributed by atoms with Crippen LogP contribution in [0.15, 0.2) is 16.6 Å². The average molecular weight is 333 g/mol. The summed E-state index contributed by atoms with van der Waals surface area (Å²) in [5.74, 6) is -0.405. The number of nitrogens with one attached hydrogen (secondary N) is 2. The lowest BCUT2D eigenvalue weighted by molar-refractivity contribution is 0.204. The van der Waals surface area contributed by atoms with Gasteiger partial charge in [-0.05, 0) is 53.4 Å². The maximum Gasteiger partial charge on any atom is 0.319 e. The number of carbonyl (C=O) groups is 1. The molecule has 0 unspecified atom stereocenters. The maximum atomic E-state index is 13.3. The van der Waals surface area contributed by atoms with E-state index in [1.807, 2.05) is 13.8 Å².